The van der Waals surface area contributed by atoms with E-state index >= 15 is 0 Å². The van der Waals surface area contributed by atoms with Crippen LogP contribution in [0.1, 0.15) is 12.0 Å². The second-order valence-corrected chi connectivity index (χ2v) is 2.89. The first-order valence-corrected chi connectivity index (χ1v) is 4.34. The van der Waals surface area contributed by atoms with Crippen molar-refractivity contribution in [2.24, 2.45) is 5.90 Å². The summed E-state index contributed by atoms with van der Waals surface area (Å²) < 4.78 is 5.45. The lowest BCUT2D eigenvalue weighted by Gasteiger charge is -2.05. The Morgan fingerprint density at radius 1 is 1.31 bits per heavy atom. The minimum atomic E-state index is 0.534. The van der Waals surface area contributed by atoms with Crippen LogP contribution in [0.25, 0.3) is 0 Å². The maximum atomic E-state index is 5.45. The van der Waals surface area contributed by atoms with Gasteiger partial charge < -0.3 is 9.57 Å². The third-order valence-electron chi connectivity index (χ3n) is 1.66. The molecule has 0 radical (unpaired) electrons. The van der Waals surface area contributed by atoms with Crippen molar-refractivity contribution in [1.82, 2.24) is 0 Å². The summed E-state index contributed by atoms with van der Waals surface area (Å²) in [6.07, 6.45) is 0.810. The van der Waals surface area contributed by atoms with Gasteiger partial charge in [0.25, 0.3) is 0 Å². The van der Waals surface area contributed by atoms with Crippen LogP contribution in [-0.4, -0.2) is 13.2 Å². The molecule has 0 atom stereocenters. The van der Waals surface area contributed by atoms with E-state index in [0.29, 0.717) is 13.2 Å². The molecule has 3 nitrogen and oxygen atoms in total. The monoisotopic (exact) mass is 181 g/mol. The van der Waals surface area contributed by atoms with E-state index in [-0.39, 0.29) is 0 Å². The van der Waals surface area contributed by atoms with Crippen molar-refractivity contribution in [3.05, 3.63) is 29.8 Å². The molecule has 0 fully saturated rings. The molecule has 0 saturated heterocycles. The van der Waals surface area contributed by atoms with Crippen LogP contribution >= 0.6 is 0 Å². The minimum Gasteiger partial charge on any atom is -0.493 e. The molecule has 0 aliphatic carbocycles. The maximum Gasteiger partial charge on any atom is 0.119 e. The zero-order valence-corrected chi connectivity index (χ0v) is 7.82. The highest BCUT2D eigenvalue weighted by Crippen LogP contribution is 2.12. The fourth-order valence-electron chi connectivity index (χ4n) is 1.04. The van der Waals surface area contributed by atoms with Gasteiger partial charge in [-0.25, -0.2) is 5.90 Å². The summed E-state index contributed by atoms with van der Waals surface area (Å²) in [6.45, 7) is 3.21. The molecule has 0 unspecified atom stereocenters. The number of benzene rings is 1. The summed E-state index contributed by atoms with van der Waals surface area (Å²) in [6, 6.07) is 7.96. The molecule has 2 N–H and O–H groups in total. The highest BCUT2D eigenvalue weighted by Gasteiger charge is 1.93. The van der Waals surface area contributed by atoms with Crippen molar-refractivity contribution in [3.8, 4) is 5.75 Å². The van der Waals surface area contributed by atoms with Crippen molar-refractivity contribution < 1.29 is 9.57 Å². The summed E-state index contributed by atoms with van der Waals surface area (Å²) in [4.78, 5) is 4.42. The normalized spacial score (nSPS) is 10.0. The van der Waals surface area contributed by atoms with Crippen molar-refractivity contribution >= 4 is 0 Å². The largest absolute Gasteiger partial charge is 0.493 e. The lowest BCUT2D eigenvalue weighted by atomic mass is 10.2. The van der Waals surface area contributed by atoms with Gasteiger partial charge in [-0.1, -0.05) is 12.1 Å². The van der Waals surface area contributed by atoms with Gasteiger partial charge in [0.15, 0.2) is 0 Å². The van der Waals surface area contributed by atoms with Gasteiger partial charge in [0, 0.05) is 6.42 Å². The van der Waals surface area contributed by atoms with E-state index in [1.165, 1.54) is 5.56 Å². The molecular formula is C10H15NO2. The van der Waals surface area contributed by atoms with Gasteiger partial charge >= 0.3 is 0 Å². The minimum absolute atomic E-state index is 0.534. The molecule has 0 aromatic heterocycles. The van der Waals surface area contributed by atoms with Gasteiger partial charge in [0.1, 0.15) is 5.75 Å². The zero-order chi connectivity index (χ0) is 9.52. The van der Waals surface area contributed by atoms with Crippen LogP contribution in [0.2, 0.25) is 0 Å². The van der Waals surface area contributed by atoms with E-state index in [9.17, 15) is 0 Å². The molecular weight excluding hydrogens is 166 g/mol. The summed E-state index contributed by atoms with van der Waals surface area (Å²) >= 11 is 0. The lowest BCUT2D eigenvalue weighted by molar-refractivity contribution is 0.122. The predicted molar refractivity (Wildman–Crippen MR) is 51.4 cm³/mol. The molecule has 72 valence electrons. The van der Waals surface area contributed by atoms with Gasteiger partial charge in [-0.15, -0.1) is 0 Å². The molecule has 13 heavy (non-hydrogen) atoms. The topological polar surface area (TPSA) is 44.5 Å². The van der Waals surface area contributed by atoms with E-state index in [1.807, 2.05) is 31.2 Å². The smallest absolute Gasteiger partial charge is 0.119 e. The quantitative estimate of drug-likeness (QED) is 0.555. The Balaban J connectivity index is 2.28. The van der Waals surface area contributed by atoms with E-state index < -0.39 is 0 Å². The number of rotatable bonds is 5. The number of hydrogen-bond donors (Lipinski definition) is 1. The van der Waals surface area contributed by atoms with Crippen LogP contribution in [0.3, 0.4) is 0 Å². The van der Waals surface area contributed by atoms with Crippen LogP contribution in [-0.2, 0) is 4.84 Å². The van der Waals surface area contributed by atoms with Crippen LogP contribution in [0.4, 0.5) is 0 Å². The molecule has 0 aliphatic rings. The molecule has 0 aliphatic heterocycles. The Labute approximate surface area is 78.4 Å². The standard InChI is InChI=1S/C10H15NO2/c1-9-4-2-5-10(8-9)12-6-3-7-13-11/h2,4-5,8H,3,6-7,11H2,1H3. The van der Waals surface area contributed by atoms with Gasteiger partial charge in [0.2, 0.25) is 0 Å². The third kappa shape index (κ3) is 3.92. The fourth-order valence-corrected chi connectivity index (χ4v) is 1.04. The number of nitrogens with two attached hydrogens (primary N) is 1. The van der Waals surface area contributed by atoms with Crippen molar-refractivity contribution in [1.29, 1.82) is 0 Å². The maximum absolute atomic E-state index is 5.45. The molecule has 1 aromatic rings. The summed E-state index contributed by atoms with van der Waals surface area (Å²) in [5.74, 6) is 5.78. The molecule has 0 bridgehead atoms. The highest BCUT2D eigenvalue weighted by molar-refractivity contribution is 5.27. The van der Waals surface area contributed by atoms with Crippen LogP contribution in [0.5, 0.6) is 5.75 Å². The number of ether oxygens (including phenoxy) is 1. The van der Waals surface area contributed by atoms with Crippen molar-refractivity contribution in [2.45, 2.75) is 13.3 Å². The average Bonchev–Trinajstić information content (AvgIpc) is 2.13. The molecule has 0 spiro atoms. The molecule has 0 heterocycles. The summed E-state index contributed by atoms with van der Waals surface area (Å²) in [5, 5.41) is 0. The number of hydrogen-bond acceptors (Lipinski definition) is 3. The lowest BCUT2D eigenvalue weighted by Crippen LogP contribution is -2.06. The first-order valence-electron chi connectivity index (χ1n) is 4.34. The zero-order valence-electron chi connectivity index (χ0n) is 7.82. The van der Waals surface area contributed by atoms with E-state index in [2.05, 4.69) is 4.84 Å². The number of aryl methyl sites for hydroxylation is 1. The Bertz CT molecular complexity index is 250. The Hall–Kier alpha value is -1.06. The van der Waals surface area contributed by atoms with E-state index in [4.69, 9.17) is 10.6 Å². The Morgan fingerprint density at radius 3 is 2.85 bits per heavy atom. The fraction of sp³-hybridized carbons (Fsp3) is 0.400. The summed E-state index contributed by atoms with van der Waals surface area (Å²) in [5.41, 5.74) is 1.20. The van der Waals surface area contributed by atoms with Gasteiger partial charge in [-0.3, -0.25) is 0 Å². The molecule has 1 aromatic carbocycles. The second kappa shape index (κ2) is 5.56. The van der Waals surface area contributed by atoms with Gasteiger partial charge in [-0.2, -0.15) is 0 Å². The van der Waals surface area contributed by atoms with Crippen LogP contribution in [0.15, 0.2) is 24.3 Å². The third-order valence-corrected chi connectivity index (χ3v) is 1.66. The SMILES string of the molecule is Cc1cccc(OCCCON)c1. The van der Waals surface area contributed by atoms with Crippen LogP contribution < -0.4 is 10.6 Å². The van der Waals surface area contributed by atoms with Crippen molar-refractivity contribution in [2.75, 3.05) is 13.2 Å². The molecule has 0 amide bonds. The second-order valence-electron chi connectivity index (χ2n) is 2.89. The van der Waals surface area contributed by atoms with Gasteiger partial charge in [0.05, 0.1) is 13.2 Å². The highest BCUT2D eigenvalue weighted by atomic mass is 16.6. The predicted octanol–water partition coefficient (Wildman–Crippen LogP) is 1.65. The molecule has 0 saturated carbocycles. The first-order chi connectivity index (χ1) is 6.33. The Morgan fingerprint density at radius 2 is 2.15 bits per heavy atom. The van der Waals surface area contributed by atoms with Crippen LogP contribution in [0, 0.1) is 6.92 Å². The molecule has 1 rings (SSSR count). The van der Waals surface area contributed by atoms with Gasteiger partial charge in [-0.05, 0) is 24.6 Å². The van der Waals surface area contributed by atoms with Crippen molar-refractivity contribution in [3.63, 3.8) is 0 Å². The van der Waals surface area contributed by atoms with E-state index in [0.717, 1.165) is 12.2 Å². The van der Waals surface area contributed by atoms with E-state index in [1.54, 1.807) is 0 Å². The average molecular weight is 181 g/mol. The first kappa shape index (κ1) is 10.0. The Kier molecular flexibility index (Phi) is 4.29. The summed E-state index contributed by atoms with van der Waals surface area (Å²) in [7, 11) is 0. The molecule has 3 heteroatoms.